The van der Waals surface area contributed by atoms with Crippen LogP contribution >= 0.6 is 7.82 Å². The van der Waals surface area contributed by atoms with E-state index in [0.29, 0.717) is 17.4 Å². The first-order chi connectivity index (χ1) is 42.5. The Labute approximate surface area is 540 Å². The first kappa shape index (κ1) is 84.2. The summed E-state index contributed by atoms with van der Waals surface area (Å²) in [5.41, 5.74) is 0. The monoisotopic (exact) mass is 1230 g/mol. The number of unbranched alkanes of at least 4 members (excludes halogenated alkanes) is 38. The van der Waals surface area contributed by atoms with Crippen LogP contribution in [0.5, 0.6) is 0 Å². The zero-order valence-electron chi connectivity index (χ0n) is 57.7. The van der Waals surface area contributed by atoms with Gasteiger partial charge in [0.05, 0.1) is 39.9 Å². The van der Waals surface area contributed by atoms with Gasteiger partial charge in [-0.05, 0) is 83.5 Å². The van der Waals surface area contributed by atoms with Crippen molar-refractivity contribution >= 4 is 13.7 Å². The van der Waals surface area contributed by atoms with E-state index >= 15 is 0 Å². The highest BCUT2D eigenvalue weighted by Crippen LogP contribution is 2.38. The molecule has 0 aliphatic carbocycles. The Bertz CT molecular complexity index is 1790. The predicted octanol–water partition coefficient (Wildman–Crippen LogP) is 23.2. The van der Waals surface area contributed by atoms with E-state index in [-0.39, 0.29) is 19.1 Å². The van der Waals surface area contributed by atoms with Gasteiger partial charge < -0.3 is 28.8 Å². The molecule has 0 spiro atoms. The lowest BCUT2D eigenvalue weighted by Gasteiger charge is -2.29. The van der Waals surface area contributed by atoms with Gasteiger partial charge in [0, 0.05) is 6.42 Å². The van der Waals surface area contributed by atoms with Crippen LogP contribution in [0.25, 0.3) is 0 Å². The highest BCUT2D eigenvalue weighted by atomic mass is 31.2. The molecule has 9 heteroatoms. The van der Waals surface area contributed by atoms with Crippen molar-refractivity contribution in [1.82, 2.24) is 5.32 Å². The maximum atomic E-state index is 13.1. The van der Waals surface area contributed by atoms with Gasteiger partial charge in [-0.3, -0.25) is 9.36 Å². The molecule has 0 saturated heterocycles. The summed E-state index contributed by atoms with van der Waals surface area (Å²) >= 11 is 0. The van der Waals surface area contributed by atoms with E-state index in [9.17, 15) is 19.4 Å². The number of allylic oxidation sites excluding steroid dienone is 17. The van der Waals surface area contributed by atoms with Crippen LogP contribution in [0.2, 0.25) is 0 Å². The van der Waals surface area contributed by atoms with Crippen molar-refractivity contribution in [2.24, 2.45) is 0 Å². The minimum Gasteiger partial charge on any atom is -0.756 e. The molecule has 0 rings (SSSR count). The third kappa shape index (κ3) is 70.5. The summed E-state index contributed by atoms with van der Waals surface area (Å²) in [6, 6.07) is -0.893. The van der Waals surface area contributed by atoms with Gasteiger partial charge in [-0.15, -0.1) is 0 Å². The summed E-state index contributed by atoms with van der Waals surface area (Å²) in [6.07, 6.45) is 99.3. The summed E-state index contributed by atoms with van der Waals surface area (Å²) in [5.74, 6) is -0.196. The first-order valence-corrected chi connectivity index (χ1v) is 38.2. The summed E-state index contributed by atoms with van der Waals surface area (Å²) in [5, 5.41) is 14.0. The molecule has 8 nitrogen and oxygen atoms in total. The number of hydrogen-bond acceptors (Lipinski definition) is 6. The number of carbonyl (C=O) groups is 1. The second kappa shape index (κ2) is 67.6. The molecule has 0 aliphatic heterocycles. The molecule has 504 valence electrons. The molecular formula is C78H141N2O6P. The Morgan fingerprint density at radius 1 is 0.414 bits per heavy atom. The van der Waals surface area contributed by atoms with Gasteiger partial charge >= 0.3 is 0 Å². The number of aliphatic hydroxyl groups is 1. The van der Waals surface area contributed by atoms with Crippen molar-refractivity contribution in [3.05, 3.63) is 109 Å². The van der Waals surface area contributed by atoms with Crippen molar-refractivity contribution in [1.29, 1.82) is 0 Å². The molecule has 0 bridgehead atoms. The van der Waals surface area contributed by atoms with E-state index in [1.807, 2.05) is 27.2 Å². The summed E-state index contributed by atoms with van der Waals surface area (Å²) in [7, 11) is 1.26. The minimum atomic E-state index is -4.61. The molecule has 0 heterocycles. The van der Waals surface area contributed by atoms with E-state index in [0.717, 1.165) is 89.9 Å². The van der Waals surface area contributed by atoms with Gasteiger partial charge in [-0.1, -0.05) is 348 Å². The normalized spacial score (nSPS) is 14.2. The Morgan fingerprint density at radius 3 is 1.02 bits per heavy atom. The third-order valence-corrected chi connectivity index (χ3v) is 17.2. The molecule has 0 radical (unpaired) electrons. The molecule has 0 fully saturated rings. The Morgan fingerprint density at radius 2 is 0.701 bits per heavy atom. The number of amides is 1. The fourth-order valence-electron chi connectivity index (χ4n) is 10.6. The van der Waals surface area contributed by atoms with E-state index in [1.165, 1.54) is 218 Å². The molecule has 0 aliphatic rings. The maximum absolute atomic E-state index is 13.1. The maximum Gasteiger partial charge on any atom is 0.268 e. The lowest BCUT2D eigenvalue weighted by molar-refractivity contribution is -0.870. The van der Waals surface area contributed by atoms with Crippen LogP contribution in [-0.2, 0) is 18.4 Å². The number of rotatable bonds is 67. The second-order valence-corrected chi connectivity index (χ2v) is 27.3. The largest absolute Gasteiger partial charge is 0.756 e. The highest BCUT2D eigenvalue weighted by molar-refractivity contribution is 7.45. The SMILES string of the molecule is CC/C=C\C/C=C\C/C=C\C/C=C\C/C=C\C/C=C\C/C=C\C/C=C\CCCCCCCCCCCCCCCCCCC(=O)NC(COP(=O)([O-])OCC[N+](C)(C)C)C(O)/C=C/CCCCCCCCCCCCCCCCCCCCCCCC. The van der Waals surface area contributed by atoms with Gasteiger partial charge in [-0.25, -0.2) is 0 Å². The lowest BCUT2D eigenvalue weighted by atomic mass is 10.0. The average molecular weight is 1230 g/mol. The van der Waals surface area contributed by atoms with E-state index in [4.69, 9.17) is 9.05 Å². The van der Waals surface area contributed by atoms with Gasteiger partial charge in [0.2, 0.25) is 5.91 Å². The number of aliphatic hydroxyl groups excluding tert-OH is 1. The van der Waals surface area contributed by atoms with Crippen LogP contribution in [0.1, 0.15) is 328 Å². The molecule has 2 N–H and O–H groups in total. The summed E-state index contributed by atoms with van der Waals surface area (Å²) < 4.78 is 23.5. The molecule has 3 atom stereocenters. The van der Waals surface area contributed by atoms with Crippen LogP contribution in [0.3, 0.4) is 0 Å². The Hall–Kier alpha value is -2.84. The number of quaternary nitrogens is 1. The molecule has 87 heavy (non-hydrogen) atoms. The molecule has 0 saturated carbocycles. The van der Waals surface area contributed by atoms with E-state index < -0.39 is 20.0 Å². The lowest BCUT2D eigenvalue weighted by Crippen LogP contribution is -2.45. The predicted molar refractivity (Wildman–Crippen MR) is 380 cm³/mol. The third-order valence-electron chi connectivity index (χ3n) is 16.2. The quantitative estimate of drug-likeness (QED) is 0.0272. The van der Waals surface area contributed by atoms with Crippen LogP contribution < -0.4 is 10.2 Å². The first-order valence-electron chi connectivity index (χ1n) is 36.7. The van der Waals surface area contributed by atoms with Crippen LogP contribution in [0.4, 0.5) is 0 Å². The van der Waals surface area contributed by atoms with E-state index in [1.54, 1.807) is 6.08 Å². The van der Waals surface area contributed by atoms with Gasteiger partial charge in [0.25, 0.3) is 7.82 Å². The molecular weight excluding hydrogens is 1090 g/mol. The number of carbonyl (C=O) groups excluding carboxylic acids is 1. The summed E-state index contributed by atoms with van der Waals surface area (Å²) in [4.78, 5) is 25.7. The van der Waals surface area contributed by atoms with Gasteiger partial charge in [0.1, 0.15) is 13.2 Å². The Balaban J connectivity index is 4.02. The highest BCUT2D eigenvalue weighted by Gasteiger charge is 2.23. The van der Waals surface area contributed by atoms with Crippen molar-refractivity contribution in [3.63, 3.8) is 0 Å². The Kier molecular flexibility index (Phi) is 65.3. The van der Waals surface area contributed by atoms with E-state index in [2.05, 4.69) is 116 Å². The van der Waals surface area contributed by atoms with Crippen molar-refractivity contribution in [2.45, 2.75) is 341 Å². The molecule has 0 aromatic heterocycles. The van der Waals surface area contributed by atoms with Gasteiger partial charge in [0.15, 0.2) is 0 Å². The molecule has 0 aromatic rings. The average Bonchev–Trinajstić information content (AvgIpc) is 3.71. The molecule has 0 aromatic carbocycles. The molecule has 1 amide bonds. The number of hydrogen-bond donors (Lipinski definition) is 2. The van der Waals surface area contributed by atoms with Crippen LogP contribution in [0, 0.1) is 0 Å². The standard InChI is InChI=1S/C78H141N2O6P/c1-6-8-10-12-14-16-18-20-22-24-26-28-30-32-33-34-35-36-37-38-39-40-41-42-43-44-45-46-47-48-50-52-54-56-58-60-62-64-66-68-70-72-78(82)79-76(75-86-87(83,84)85-74-73-80(3,4)5)77(81)71-69-67-65-63-61-59-57-55-53-51-49-31-29-27-25-23-21-19-17-15-13-11-9-7-2/h8,10,14,16,20,22,26,28,32-33,35-36,38-39,41-42,69,71,76-77,81H,6-7,9,11-13,15,17-19,21,23-25,27,29-31,34,37,40,43-68,70,72-75H2,1-5H3,(H-,79,82,83,84)/b10-8-,16-14-,22-20-,28-26-,33-32-,36-35-,39-38-,42-41-,71-69+. The van der Waals surface area contributed by atoms with Crippen LogP contribution in [0.15, 0.2) is 109 Å². The number of nitrogens with one attached hydrogen (secondary N) is 1. The van der Waals surface area contributed by atoms with Crippen molar-refractivity contribution < 1.29 is 32.9 Å². The number of phosphoric acid groups is 1. The second-order valence-electron chi connectivity index (χ2n) is 25.9. The molecule has 3 unspecified atom stereocenters. The van der Waals surface area contributed by atoms with Gasteiger partial charge in [-0.2, -0.15) is 0 Å². The minimum absolute atomic E-state index is 0.00307. The number of phosphoric ester groups is 1. The smallest absolute Gasteiger partial charge is 0.268 e. The zero-order chi connectivity index (χ0) is 63.4. The van der Waals surface area contributed by atoms with Crippen molar-refractivity contribution in [2.75, 3.05) is 40.9 Å². The number of likely N-dealkylation sites (N-methyl/N-ethyl adjacent to an activating group) is 1. The fraction of sp³-hybridized carbons (Fsp3) is 0.756. The fourth-order valence-corrected chi connectivity index (χ4v) is 11.3. The zero-order valence-corrected chi connectivity index (χ0v) is 58.6. The van der Waals surface area contributed by atoms with Crippen LogP contribution in [-0.4, -0.2) is 68.5 Å². The van der Waals surface area contributed by atoms with Crippen molar-refractivity contribution in [3.8, 4) is 0 Å². The topological polar surface area (TPSA) is 108 Å². The number of nitrogens with zero attached hydrogens (tertiary/aromatic N) is 1. The summed E-state index contributed by atoms with van der Waals surface area (Å²) in [6.45, 7) is 4.57.